The average molecular weight is 340 g/mol. The molecule has 3 N–H and O–H groups in total. The first-order chi connectivity index (χ1) is 11.0. The van der Waals surface area contributed by atoms with Crippen molar-refractivity contribution in [3.63, 3.8) is 0 Å². The van der Waals surface area contributed by atoms with Gasteiger partial charge in [0.15, 0.2) is 5.96 Å². The van der Waals surface area contributed by atoms with Gasteiger partial charge in [-0.25, -0.2) is 9.98 Å². The Morgan fingerprint density at radius 3 is 2.61 bits per heavy atom. The number of guanidine groups is 1. The number of aliphatic imine (C=N–C) groups is 1. The van der Waals surface area contributed by atoms with Crippen LogP contribution >= 0.6 is 11.3 Å². The molecule has 0 aliphatic heterocycles. The van der Waals surface area contributed by atoms with E-state index in [4.69, 9.17) is 0 Å². The van der Waals surface area contributed by atoms with Crippen LogP contribution < -0.4 is 16.0 Å². The van der Waals surface area contributed by atoms with E-state index in [1.165, 1.54) is 4.88 Å². The highest BCUT2D eigenvalue weighted by atomic mass is 32.1. The number of carbonyl (C=O) groups excluding carboxylic acids is 1. The molecule has 1 amide bonds. The Hall–Kier alpha value is -1.63. The van der Waals surface area contributed by atoms with E-state index in [2.05, 4.69) is 39.8 Å². The second-order valence-electron chi connectivity index (χ2n) is 5.50. The Morgan fingerprint density at radius 2 is 2.04 bits per heavy atom. The van der Waals surface area contributed by atoms with Crippen molar-refractivity contribution in [2.24, 2.45) is 4.99 Å². The van der Waals surface area contributed by atoms with Gasteiger partial charge in [-0.05, 0) is 34.1 Å². The molecule has 23 heavy (non-hydrogen) atoms. The number of carbonyl (C=O) groups is 1. The lowest BCUT2D eigenvalue weighted by Gasteiger charge is -2.13. The minimum atomic E-state index is 0.0638. The summed E-state index contributed by atoms with van der Waals surface area (Å²) in [5, 5.41) is 10.3. The zero-order chi connectivity index (χ0) is 17.2. The molecule has 0 aromatic carbocycles. The van der Waals surface area contributed by atoms with Gasteiger partial charge in [0.2, 0.25) is 5.91 Å². The monoisotopic (exact) mass is 339 g/mol. The maximum absolute atomic E-state index is 11.8. The Balaban J connectivity index is 2.44. The number of aryl methyl sites for hydroxylation is 2. The second kappa shape index (κ2) is 10.2. The number of rotatable bonds is 8. The molecule has 1 atom stereocenters. The number of nitrogens with one attached hydrogen (secondary N) is 3. The molecule has 130 valence electrons. The van der Waals surface area contributed by atoms with E-state index in [1.54, 1.807) is 11.3 Å². The van der Waals surface area contributed by atoms with Crippen LogP contribution in [0.2, 0.25) is 0 Å². The summed E-state index contributed by atoms with van der Waals surface area (Å²) in [7, 11) is 0. The minimum absolute atomic E-state index is 0.0638. The maximum Gasteiger partial charge on any atom is 0.221 e. The summed E-state index contributed by atoms with van der Waals surface area (Å²) in [4.78, 5) is 22.0. The second-order valence-corrected chi connectivity index (χ2v) is 6.79. The first-order valence-electron chi connectivity index (χ1n) is 8.20. The largest absolute Gasteiger partial charge is 0.357 e. The summed E-state index contributed by atoms with van der Waals surface area (Å²) >= 11 is 1.67. The third-order valence-electron chi connectivity index (χ3n) is 3.45. The van der Waals surface area contributed by atoms with Crippen molar-refractivity contribution in [1.82, 2.24) is 20.9 Å². The van der Waals surface area contributed by atoms with E-state index in [0.29, 0.717) is 25.5 Å². The molecule has 0 aliphatic rings. The van der Waals surface area contributed by atoms with Crippen LogP contribution in [0.5, 0.6) is 0 Å². The van der Waals surface area contributed by atoms with Crippen molar-refractivity contribution in [3.8, 4) is 0 Å². The van der Waals surface area contributed by atoms with Gasteiger partial charge in [0, 0.05) is 30.4 Å². The zero-order valence-electron chi connectivity index (χ0n) is 14.8. The molecule has 0 aliphatic carbocycles. The van der Waals surface area contributed by atoms with Crippen molar-refractivity contribution < 1.29 is 4.79 Å². The van der Waals surface area contributed by atoms with E-state index in [0.717, 1.165) is 23.7 Å². The summed E-state index contributed by atoms with van der Waals surface area (Å²) in [5.41, 5.74) is 1.07. The lowest BCUT2D eigenvalue weighted by atomic mass is 10.2. The Kier molecular flexibility index (Phi) is 8.61. The van der Waals surface area contributed by atoms with Gasteiger partial charge in [-0.3, -0.25) is 4.79 Å². The Labute approximate surface area is 143 Å². The topological polar surface area (TPSA) is 78.4 Å². The fourth-order valence-electron chi connectivity index (χ4n) is 1.84. The summed E-state index contributed by atoms with van der Waals surface area (Å²) in [5.74, 6) is 0.781. The number of aromatic nitrogens is 1. The molecular formula is C16H29N5OS. The lowest BCUT2D eigenvalue weighted by molar-refractivity contribution is -0.121. The number of thiazole rings is 1. The number of hydrogen-bond donors (Lipinski definition) is 3. The van der Waals surface area contributed by atoms with Crippen molar-refractivity contribution >= 4 is 23.2 Å². The quantitative estimate of drug-likeness (QED) is 0.501. The van der Waals surface area contributed by atoms with Crippen LogP contribution in [0.1, 0.15) is 49.2 Å². The molecule has 7 heteroatoms. The summed E-state index contributed by atoms with van der Waals surface area (Å²) in [6.07, 6.45) is 1.38. The summed E-state index contributed by atoms with van der Waals surface area (Å²) < 4.78 is 0. The third-order valence-corrected chi connectivity index (χ3v) is 4.51. The SMILES string of the molecule is CCNC(=NCc1nc(C)c(C)s1)NCCC(=O)NC(C)CC. The van der Waals surface area contributed by atoms with Crippen LogP contribution in [0.4, 0.5) is 0 Å². The van der Waals surface area contributed by atoms with Crippen molar-refractivity contribution in [2.45, 2.75) is 60.0 Å². The van der Waals surface area contributed by atoms with Gasteiger partial charge in [0.05, 0.1) is 12.2 Å². The van der Waals surface area contributed by atoms with Crippen LogP contribution in [-0.4, -0.2) is 36.0 Å². The van der Waals surface area contributed by atoms with Crippen molar-refractivity contribution in [1.29, 1.82) is 0 Å². The Bertz CT molecular complexity index is 507. The molecule has 0 spiro atoms. The maximum atomic E-state index is 11.8. The van der Waals surface area contributed by atoms with Gasteiger partial charge in [0.25, 0.3) is 0 Å². The molecule has 6 nitrogen and oxygen atoms in total. The fourth-order valence-corrected chi connectivity index (χ4v) is 2.70. The Morgan fingerprint density at radius 1 is 1.30 bits per heavy atom. The normalized spacial score (nSPS) is 12.8. The van der Waals surface area contributed by atoms with Crippen molar-refractivity contribution in [2.75, 3.05) is 13.1 Å². The molecule has 0 saturated carbocycles. The molecule has 1 unspecified atom stereocenters. The predicted molar refractivity (Wildman–Crippen MR) is 96.9 cm³/mol. The molecular weight excluding hydrogens is 310 g/mol. The summed E-state index contributed by atoms with van der Waals surface area (Å²) in [6.45, 7) is 12.1. The summed E-state index contributed by atoms with van der Waals surface area (Å²) in [6, 6.07) is 0.223. The van der Waals surface area contributed by atoms with Crippen LogP contribution in [0, 0.1) is 13.8 Å². The molecule has 1 aromatic heterocycles. The highest BCUT2D eigenvalue weighted by Gasteiger charge is 2.06. The highest BCUT2D eigenvalue weighted by molar-refractivity contribution is 7.11. The van der Waals surface area contributed by atoms with Gasteiger partial charge < -0.3 is 16.0 Å². The smallest absolute Gasteiger partial charge is 0.221 e. The number of nitrogens with zero attached hydrogens (tertiary/aromatic N) is 2. The van der Waals surface area contributed by atoms with Crippen LogP contribution in [0.25, 0.3) is 0 Å². The van der Waals surface area contributed by atoms with E-state index in [1.807, 2.05) is 20.8 Å². The van der Waals surface area contributed by atoms with Gasteiger partial charge >= 0.3 is 0 Å². The average Bonchev–Trinajstić information content (AvgIpc) is 2.83. The molecule has 0 saturated heterocycles. The molecule has 1 heterocycles. The highest BCUT2D eigenvalue weighted by Crippen LogP contribution is 2.16. The molecule has 0 fully saturated rings. The molecule has 1 rings (SSSR count). The van der Waals surface area contributed by atoms with E-state index in [-0.39, 0.29) is 11.9 Å². The van der Waals surface area contributed by atoms with Crippen LogP contribution in [0.15, 0.2) is 4.99 Å². The minimum Gasteiger partial charge on any atom is -0.357 e. The first kappa shape index (κ1) is 19.4. The lowest BCUT2D eigenvalue weighted by Crippen LogP contribution is -2.40. The predicted octanol–water partition coefficient (Wildman–Crippen LogP) is 2.12. The number of hydrogen-bond acceptors (Lipinski definition) is 4. The molecule has 0 radical (unpaired) electrons. The van der Waals surface area contributed by atoms with Crippen LogP contribution in [0.3, 0.4) is 0 Å². The van der Waals surface area contributed by atoms with E-state index in [9.17, 15) is 4.79 Å². The third kappa shape index (κ3) is 7.45. The van der Waals surface area contributed by atoms with Gasteiger partial charge in [-0.15, -0.1) is 11.3 Å². The van der Waals surface area contributed by atoms with Crippen LogP contribution in [-0.2, 0) is 11.3 Å². The van der Waals surface area contributed by atoms with Gasteiger partial charge in [0.1, 0.15) is 5.01 Å². The molecule has 0 bridgehead atoms. The molecule has 1 aromatic rings. The van der Waals surface area contributed by atoms with E-state index < -0.39 is 0 Å². The first-order valence-corrected chi connectivity index (χ1v) is 9.02. The standard InChI is InChI=1S/C16H29N5OS/c1-6-11(3)20-14(22)8-9-18-16(17-7-2)19-10-15-21-12(4)13(5)23-15/h11H,6-10H2,1-5H3,(H,20,22)(H2,17,18,19). The van der Waals surface area contributed by atoms with E-state index >= 15 is 0 Å². The van der Waals surface area contributed by atoms with Gasteiger partial charge in [-0.1, -0.05) is 6.92 Å². The number of amides is 1. The van der Waals surface area contributed by atoms with Crippen molar-refractivity contribution in [3.05, 3.63) is 15.6 Å². The fraction of sp³-hybridized carbons (Fsp3) is 0.688. The zero-order valence-corrected chi connectivity index (χ0v) is 15.6. The van der Waals surface area contributed by atoms with Gasteiger partial charge in [-0.2, -0.15) is 0 Å².